The van der Waals surface area contributed by atoms with Crippen LogP contribution in [0.1, 0.15) is 47.2 Å². The van der Waals surface area contributed by atoms with E-state index in [1.807, 2.05) is 0 Å². The molecule has 1 aliphatic carbocycles. The summed E-state index contributed by atoms with van der Waals surface area (Å²) in [4.78, 5) is 2.44. The summed E-state index contributed by atoms with van der Waals surface area (Å²) in [5, 5.41) is 0. The second kappa shape index (κ2) is 11.8. The monoisotopic (exact) mass is 707 g/mol. The molecule has 0 saturated heterocycles. The first-order valence-corrected chi connectivity index (χ1v) is 19.0. The van der Waals surface area contributed by atoms with Gasteiger partial charge in [0.15, 0.2) is 0 Å². The highest BCUT2D eigenvalue weighted by molar-refractivity contribution is 5.91. The predicted octanol–water partition coefficient (Wildman–Crippen LogP) is 13.7. The molecule has 0 unspecified atom stereocenters. The fourth-order valence-corrected chi connectivity index (χ4v) is 9.53. The van der Waals surface area contributed by atoms with Crippen LogP contribution >= 0.6 is 0 Å². The molecule has 0 atom stereocenters. The molecule has 1 spiro atoms. The van der Waals surface area contributed by atoms with E-state index in [-0.39, 0.29) is 5.41 Å². The first-order chi connectivity index (χ1) is 27.0. The van der Waals surface area contributed by atoms with Gasteiger partial charge >= 0.3 is 0 Å². The quantitative estimate of drug-likeness (QED) is 0.182. The normalized spacial score (nSPS) is 14.6. The van der Waals surface area contributed by atoms with E-state index >= 15 is 0 Å². The summed E-state index contributed by atoms with van der Waals surface area (Å²) in [6.07, 6.45) is 0. The Morgan fingerprint density at radius 1 is 0.364 bits per heavy atom. The Morgan fingerprint density at radius 3 is 1.45 bits per heavy atom. The molecule has 11 rings (SSSR count). The molecule has 3 nitrogen and oxygen atoms in total. The van der Waals surface area contributed by atoms with Crippen LogP contribution in [-0.4, -0.2) is 0 Å². The zero-order chi connectivity index (χ0) is 36.7. The first-order valence-electron chi connectivity index (χ1n) is 19.0. The molecule has 3 aliphatic rings. The lowest BCUT2D eigenvalue weighted by Crippen LogP contribution is -2.37. The van der Waals surface area contributed by atoms with Crippen molar-refractivity contribution < 1.29 is 9.47 Å². The molecule has 262 valence electrons. The van der Waals surface area contributed by atoms with E-state index in [0.29, 0.717) is 0 Å². The summed E-state index contributed by atoms with van der Waals surface area (Å²) in [6, 6.07) is 67.5. The maximum Gasteiger partial charge on any atom is 0.132 e. The molecule has 0 bridgehead atoms. The Hall–Kier alpha value is -6.84. The van der Waals surface area contributed by atoms with Gasteiger partial charge in [0, 0.05) is 44.6 Å². The Bertz CT molecular complexity index is 2710. The van der Waals surface area contributed by atoms with Crippen molar-refractivity contribution in [2.75, 3.05) is 4.90 Å². The molecule has 55 heavy (non-hydrogen) atoms. The van der Waals surface area contributed by atoms with Gasteiger partial charge in [0.1, 0.15) is 23.0 Å². The number of nitrogens with zero attached hydrogens (tertiary/aromatic N) is 1. The number of fused-ring (bicyclic) bond motifs is 11. The number of para-hydroxylation sites is 4. The summed E-state index contributed by atoms with van der Waals surface area (Å²) in [5.74, 6) is 3.37. The molecule has 0 aromatic heterocycles. The third-order valence-corrected chi connectivity index (χ3v) is 12.0. The Labute approximate surface area is 321 Å². The van der Waals surface area contributed by atoms with Crippen molar-refractivity contribution in [3.63, 3.8) is 0 Å². The minimum Gasteiger partial charge on any atom is -0.457 e. The molecule has 0 N–H and O–H groups in total. The summed E-state index contributed by atoms with van der Waals surface area (Å²) >= 11 is 0. The molecule has 2 heterocycles. The SMILES string of the molecule is CC1(C)c2ccccc2-c2ccc(N(c3ccc4c(c3)C3(c5ccccc5Oc5ccccc53)c3ccccc3O4)c3ccccc3-c3ccccc3)cc21. The molecule has 3 heteroatoms. The van der Waals surface area contributed by atoms with Crippen LogP contribution in [0.4, 0.5) is 17.1 Å². The van der Waals surface area contributed by atoms with Gasteiger partial charge in [0.25, 0.3) is 0 Å². The van der Waals surface area contributed by atoms with Gasteiger partial charge < -0.3 is 14.4 Å². The van der Waals surface area contributed by atoms with Crippen molar-refractivity contribution in [3.05, 3.63) is 221 Å². The van der Waals surface area contributed by atoms with Crippen molar-refractivity contribution >= 4 is 17.1 Å². The van der Waals surface area contributed by atoms with E-state index in [4.69, 9.17) is 9.47 Å². The average Bonchev–Trinajstić information content (AvgIpc) is 3.47. The molecule has 0 saturated carbocycles. The molecule has 0 amide bonds. The molecular formula is C52H37NO2. The molecule has 0 fully saturated rings. The number of hydrogen-bond acceptors (Lipinski definition) is 3. The number of anilines is 3. The summed E-state index contributed by atoms with van der Waals surface area (Å²) < 4.78 is 13.5. The summed E-state index contributed by atoms with van der Waals surface area (Å²) in [5.41, 5.74) is 14.4. The van der Waals surface area contributed by atoms with Crippen molar-refractivity contribution in [3.8, 4) is 45.3 Å². The van der Waals surface area contributed by atoms with Gasteiger partial charge in [-0.15, -0.1) is 0 Å². The van der Waals surface area contributed by atoms with Crippen molar-refractivity contribution in [2.45, 2.75) is 24.7 Å². The van der Waals surface area contributed by atoms with Gasteiger partial charge in [-0.1, -0.05) is 147 Å². The van der Waals surface area contributed by atoms with E-state index in [2.05, 4.69) is 207 Å². The highest BCUT2D eigenvalue weighted by atomic mass is 16.5. The van der Waals surface area contributed by atoms with Gasteiger partial charge in [0.2, 0.25) is 0 Å². The standard InChI is InChI=1S/C52H37NO2/c1-51(2)40-20-8-6-19-38(40)39-30-28-35(32-44(39)51)53(46-24-12-7-18-37(46)34-16-4-3-5-17-34)36-29-31-50-45(33-36)52(43-23-11-15-27-49(43)55-50)41-21-9-13-25-47(41)54-48-26-14-10-22-42(48)52/h3-33H,1-2H3. The second-order valence-electron chi connectivity index (χ2n) is 15.2. The molecule has 0 radical (unpaired) electrons. The van der Waals surface area contributed by atoms with Gasteiger partial charge in [-0.05, 0) is 82.4 Å². The highest BCUT2D eigenvalue weighted by Gasteiger charge is 2.50. The van der Waals surface area contributed by atoms with E-state index in [1.165, 1.54) is 22.3 Å². The van der Waals surface area contributed by atoms with Crippen molar-refractivity contribution in [1.29, 1.82) is 0 Å². The fraction of sp³-hybridized carbons (Fsp3) is 0.0769. The maximum absolute atomic E-state index is 6.84. The van der Waals surface area contributed by atoms with E-state index in [0.717, 1.165) is 73.4 Å². The van der Waals surface area contributed by atoms with Crippen LogP contribution in [0.15, 0.2) is 188 Å². The highest BCUT2D eigenvalue weighted by Crippen LogP contribution is 2.62. The number of ether oxygens (including phenoxy) is 2. The number of rotatable bonds is 4. The fourth-order valence-electron chi connectivity index (χ4n) is 9.53. The van der Waals surface area contributed by atoms with Crippen LogP contribution in [0.2, 0.25) is 0 Å². The lowest BCUT2D eigenvalue weighted by atomic mass is 9.62. The van der Waals surface area contributed by atoms with Crippen molar-refractivity contribution in [2.24, 2.45) is 0 Å². The lowest BCUT2D eigenvalue weighted by molar-refractivity contribution is 0.399. The smallest absolute Gasteiger partial charge is 0.132 e. The van der Waals surface area contributed by atoms with E-state index in [9.17, 15) is 0 Å². The minimum atomic E-state index is -0.697. The topological polar surface area (TPSA) is 21.7 Å². The van der Waals surface area contributed by atoms with E-state index in [1.54, 1.807) is 0 Å². The Kier molecular flexibility index (Phi) is 6.81. The van der Waals surface area contributed by atoms with Gasteiger partial charge in [-0.3, -0.25) is 0 Å². The van der Waals surface area contributed by atoms with Gasteiger partial charge in [-0.2, -0.15) is 0 Å². The van der Waals surface area contributed by atoms with Crippen LogP contribution in [-0.2, 0) is 10.8 Å². The number of hydrogen-bond donors (Lipinski definition) is 0. The van der Waals surface area contributed by atoms with Crippen LogP contribution in [0.5, 0.6) is 23.0 Å². The Morgan fingerprint density at radius 2 is 0.818 bits per heavy atom. The third kappa shape index (κ3) is 4.50. The molecular weight excluding hydrogens is 671 g/mol. The molecule has 8 aromatic carbocycles. The van der Waals surface area contributed by atoms with Crippen LogP contribution in [0.3, 0.4) is 0 Å². The van der Waals surface area contributed by atoms with Crippen LogP contribution < -0.4 is 14.4 Å². The minimum absolute atomic E-state index is 0.153. The van der Waals surface area contributed by atoms with Gasteiger partial charge in [-0.25, -0.2) is 0 Å². The first kappa shape index (κ1) is 31.7. The van der Waals surface area contributed by atoms with Crippen LogP contribution in [0, 0.1) is 0 Å². The van der Waals surface area contributed by atoms with E-state index < -0.39 is 5.41 Å². The largest absolute Gasteiger partial charge is 0.457 e. The number of benzene rings is 8. The third-order valence-electron chi connectivity index (χ3n) is 12.0. The molecule has 8 aromatic rings. The van der Waals surface area contributed by atoms with Gasteiger partial charge in [0.05, 0.1) is 11.1 Å². The van der Waals surface area contributed by atoms with Crippen LogP contribution in [0.25, 0.3) is 22.3 Å². The lowest BCUT2D eigenvalue weighted by Gasteiger charge is -2.45. The maximum atomic E-state index is 6.84. The van der Waals surface area contributed by atoms with Crippen molar-refractivity contribution in [1.82, 2.24) is 0 Å². The Balaban J connectivity index is 1.20. The second-order valence-corrected chi connectivity index (χ2v) is 15.2. The summed E-state index contributed by atoms with van der Waals surface area (Å²) in [6.45, 7) is 4.70. The zero-order valence-electron chi connectivity index (χ0n) is 30.7. The average molecular weight is 708 g/mol. The molecule has 2 aliphatic heterocycles. The summed E-state index contributed by atoms with van der Waals surface area (Å²) in [7, 11) is 0. The zero-order valence-corrected chi connectivity index (χ0v) is 30.7. The predicted molar refractivity (Wildman–Crippen MR) is 223 cm³/mol.